The molecule has 1 aromatic heterocycles. The Hall–Kier alpha value is -3.22. The molecule has 0 radical (unpaired) electrons. The van der Waals surface area contributed by atoms with Crippen LogP contribution in [0.2, 0.25) is 0 Å². The predicted octanol–water partition coefficient (Wildman–Crippen LogP) is 1.92. The number of benzene rings is 2. The van der Waals surface area contributed by atoms with Gasteiger partial charge in [0.05, 0.1) is 18.1 Å². The fraction of sp³-hybridized carbons (Fsp3) is 0.263. The van der Waals surface area contributed by atoms with Crippen LogP contribution in [-0.2, 0) is 11.3 Å². The zero-order chi connectivity index (χ0) is 18.4. The van der Waals surface area contributed by atoms with Crippen molar-refractivity contribution in [2.45, 2.75) is 13.0 Å². The fourth-order valence-corrected chi connectivity index (χ4v) is 2.73. The van der Waals surface area contributed by atoms with Crippen LogP contribution >= 0.6 is 0 Å². The number of methoxy groups -OCH3 is 1. The molecule has 0 aliphatic carbocycles. The van der Waals surface area contributed by atoms with Crippen molar-refractivity contribution in [2.24, 2.45) is 0 Å². The Morgan fingerprint density at radius 3 is 2.65 bits per heavy atom. The molecule has 1 amide bonds. The van der Waals surface area contributed by atoms with Crippen molar-refractivity contribution in [3.8, 4) is 11.5 Å². The molecule has 3 rings (SSSR count). The monoisotopic (exact) mass is 355 g/mol. The molecule has 0 saturated heterocycles. The van der Waals surface area contributed by atoms with Crippen molar-refractivity contribution in [3.63, 3.8) is 0 Å². The molecule has 136 valence electrons. The summed E-state index contributed by atoms with van der Waals surface area (Å²) in [6, 6.07) is 14.7. The molecule has 2 N–H and O–H groups in total. The smallest absolute Gasteiger partial charge is 0.326 e. The second kappa shape index (κ2) is 8.24. The van der Waals surface area contributed by atoms with E-state index in [0.29, 0.717) is 31.0 Å². The molecule has 0 saturated carbocycles. The Morgan fingerprint density at radius 2 is 1.85 bits per heavy atom. The Labute approximate surface area is 150 Å². The van der Waals surface area contributed by atoms with Gasteiger partial charge in [0.15, 0.2) is 18.1 Å². The van der Waals surface area contributed by atoms with Crippen LogP contribution in [0.15, 0.2) is 53.3 Å². The second-order valence-electron chi connectivity index (χ2n) is 5.74. The zero-order valence-electron chi connectivity index (χ0n) is 14.5. The number of rotatable bonds is 8. The van der Waals surface area contributed by atoms with Crippen LogP contribution in [-0.4, -0.2) is 35.7 Å². The average molecular weight is 355 g/mol. The minimum Gasteiger partial charge on any atom is -0.493 e. The van der Waals surface area contributed by atoms with E-state index in [-0.39, 0.29) is 18.2 Å². The number of fused-ring (bicyclic) bond motifs is 1. The molecule has 1 heterocycles. The van der Waals surface area contributed by atoms with Gasteiger partial charge in [-0.3, -0.25) is 9.36 Å². The molecular weight excluding hydrogens is 334 g/mol. The summed E-state index contributed by atoms with van der Waals surface area (Å²) >= 11 is 0. The maximum Gasteiger partial charge on any atom is 0.326 e. The third-order valence-corrected chi connectivity index (χ3v) is 3.99. The maximum absolute atomic E-state index is 12.0. The maximum atomic E-state index is 12.0. The summed E-state index contributed by atoms with van der Waals surface area (Å²) in [5.41, 5.74) is 1.53. The van der Waals surface area contributed by atoms with Crippen molar-refractivity contribution in [2.75, 3.05) is 20.3 Å². The minimum atomic E-state index is -0.220. The molecule has 0 aliphatic rings. The molecule has 2 aromatic carbocycles. The van der Waals surface area contributed by atoms with E-state index in [9.17, 15) is 9.59 Å². The molecule has 0 fully saturated rings. The Balaban J connectivity index is 1.45. The van der Waals surface area contributed by atoms with Gasteiger partial charge in [0.1, 0.15) is 0 Å². The number of aromatic amines is 1. The fourth-order valence-electron chi connectivity index (χ4n) is 2.73. The molecule has 0 aliphatic heterocycles. The number of nitrogens with one attached hydrogen (secondary N) is 2. The first-order valence-corrected chi connectivity index (χ1v) is 8.39. The van der Waals surface area contributed by atoms with E-state index in [1.807, 2.05) is 36.4 Å². The van der Waals surface area contributed by atoms with E-state index in [2.05, 4.69) is 10.3 Å². The number of carbonyl (C=O) groups excluding carboxylic acids is 1. The first-order chi connectivity index (χ1) is 12.7. The average Bonchev–Trinajstić information content (AvgIpc) is 2.99. The molecule has 0 unspecified atom stereocenters. The number of H-pyrrole nitrogens is 1. The minimum absolute atomic E-state index is 0.0899. The van der Waals surface area contributed by atoms with Gasteiger partial charge in [-0.2, -0.15) is 0 Å². The summed E-state index contributed by atoms with van der Waals surface area (Å²) < 4.78 is 12.3. The van der Waals surface area contributed by atoms with Crippen LogP contribution in [0.5, 0.6) is 11.5 Å². The summed E-state index contributed by atoms with van der Waals surface area (Å²) in [6.07, 6.45) is 0.641. The lowest BCUT2D eigenvalue weighted by atomic mass is 10.3. The normalized spacial score (nSPS) is 10.7. The number of aromatic nitrogens is 2. The van der Waals surface area contributed by atoms with Crippen molar-refractivity contribution in [1.29, 1.82) is 0 Å². The molecule has 0 atom stereocenters. The van der Waals surface area contributed by atoms with Crippen LogP contribution in [0.1, 0.15) is 6.42 Å². The van der Waals surface area contributed by atoms with Crippen LogP contribution in [0, 0.1) is 0 Å². The number of hydrogen-bond acceptors (Lipinski definition) is 4. The van der Waals surface area contributed by atoms with Crippen molar-refractivity contribution >= 4 is 16.9 Å². The highest BCUT2D eigenvalue weighted by molar-refractivity contribution is 5.77. The van der Waals surface area contributed by atoms with E-state index in [1.165, 1.54) is 0 Å². The third kappa shape index (κ3) is 4.05. The Bertz CT molecular complexity index is 945. The number of carbonyl (C=O) groups is 1. The van der Waals surface area contributed by atoms with Gasteiger partial charge < -0.3 is 19.8 Å². The lowest BCUT2D eigenvalue weighted by Gasteiger charge is -2.10. The van der Waals surface area contributed by atoms with Gasteiger partial charge in [-0.1, -0.05) is 24.3 Å². The lowest BCUT2D eigenvalue weighted by molar-refractivity contribution is -0.123. The number of hydrogen-bond donors (Lipinski definition) is 2. The first kappa shape index (κ1) is 17.6. The summed E-state index contributed by atoms with van der Waals surface area (Å²) in [5, 5.41) is 2.79. The SMILES string of the molecule is COc1ccccc1OCC(=O)NCCCn1c(=O)[nH]c2ccccc21. The van der Waals surface area contributed by atoms with Gasteiger partial charge >= 0.3 is 5.69 Å². The van der Waals surface area contributed by atoms with E-state index in [1.54, 1.807) is 23.8 Å². The first-order valence-electron chi connectivity index (χ1n) is 8.39. The number of ether oxygens (including phenoxy) is 2. The third-order valence-electron chi connectivity index (χ3n) is 3.99. The number of nitrogens with zero attached hydrogens (tertiary/aromatic N) is 1. The topological polar surface area (TPSA) is 85.3 Å². The predicted molar refractivity (Wildman–Crippen MR) is 98.7 cm³/mol. The van der Waals surface area contributed by atoms with Crippen LogP contribution in [0.3, 0.4) is 0 Å². The molecule has 26 heavy (non-hydrogen) atoms. The highest BCUT2D eigenvalue weighted by Crippen LogP contribution is 2.25. The highest BCUT2D eigenvalue weighted by Gasteiger charge is 2.08. The number of para-hydroxylation sites is 4. The highest BCUT2D eigenvalue weighted by atomic mass is 16.5. The summed E-state index contributed by atoms with van der Waals surface area (Å²) in [4.78, 5) is 26.7. The van der Waals surface area contributed by atoms with Crippen LogP contribution in [0.25, 0.3) is 11.0 Å². The van der Waals surface area contributed by atoms with Gasteiger partial charge in [0, 0.05) is 13.1 Å². The molecular formula is C19H21N3O4. The Morgan fingerprint density at radius 1 is 1.12 bits per heavy atom. The van der Waals surface area contributed by atoms with Gasteiger partial charge in [0.2, 0.25) is 0 Å². The van der Waals surface area contributed by atoms with Crippen LogP contribution < -0.4 is 20.5 Å². The van der Waals surface area contributed by atoms with Crippen molar-refractivity contribution < 1.29 is 14.3 Å². The van der Waals surface area contributed by atoms with Gasteiger partial charge in [0.25, 0.3) is 5.91 Å². The standard InChI is InChI=1S/C19H21N3O4/c1-25-16-9-4-5-10-17(16)26-13-18(23)20-11-6-12-22-15-8-3-2-7-14(15)21-19(22)24/h2-5,7-10H,6,11-13H2,1H3,(H,20,23)(H,21,24). The van der Waals surface area contributed by atoms with E-state index < -0.39 is 0 Å². The lowest BCUT2D eigenvalue weighted by Crippen LogP contribution is -2.30. The molecule has 0 bridgehead atoms. The van der Waals surface area contributed by atoms with Gasteiger partial charge in [-0.15, -0.1) is 0 Å². The number of amides is 1. The van der Waals surface area contributed by atoms with Crippen LogP contribution in [0.4, 0.5) is 0 Å². The summed E-state index contributed by atoms with van der Waals surface area (Å²) in [7, 11) is 1.55. The van der Waals surface area contributed by atoms with E-state index >= 15 is 0 Å². The molecule has 0 spiro atoms. The van der Waals surface area contributed by atoms with Crippen molar-refractivity contribution in [1.82, 2.24) is 14.9 Å². The second-order valence-corrected chi connectivity index (χ2v) is 5.74. The van der Waals surface area contributed by atoms with Crippen molar-refractivity contribution in [3.05, 3.63) is 59.0 Å². The quantitative estimate of drug-likeness (QED) is 0.605. The van der Waals surface area contributed by atoms with Gasteiger partial charge in [-0.05, 0) is 30.7 Å². The molecule has 7 heteroatoms. The Kier molecular flexibility index (Phi) is 5.58. The molecule has 3 aromatic rings. The summed E-state index contributed by atoms with van der Waals surface area (Å²) in [6.45, 7) is 0.893. The summed E-state index contributed by atoms with van der Waals surface area (Å²) in [5.74, 6) is 0.886. The van der Waals surface area contributed by atoms with E-state index in [0.717, 1.165) is 11.0 Å². The number of aryl methyl sites for hydroxylation is 1. The van der Waals surface area contributed by atoms with Gasteiger partial charge in [-0.25, -0.2) is 4.79 Å². The number of imidazole rings is 1. The zero-order valence-corrected chi connectivity index (χ0v) is 14.5. The largest absolute Gasteiger partial charge is 0.493 e. The van der Waals surface area contributed by atoms with E-state index in [4.69, 9.17) is 9.47 Å². The molecule has 7 nitrogen and oxygen atoms in total.